The quantitative estimate of drug-likeness (QED) is 0.872. The van der Waals surface area contributed by atoms with Gasteiger partial charge in [-0.3, -0.25) is 0 Å². The van der Waals surface area contributed by atoms with Gasteiger partial charge in [0.05, 0.1) is 0 Å². The molecule has 0 heterocycles. The molecule has 2 rings (SSSR count). The van der Waals surface area contributed by atoms with E-state index in [-0.39, 0.29) is 11.8 Å². The summed E-state index contributed by atoms with van der Waals surface area (Å²) >= 11 is 0. The number of hydrogen-bond acceptors (Lipinski definition) is 2. The highest BCUT2D eigenvalue weighted by Gasteiger charge is 2.25. The molecule has 1 aromatic carbocycles. The van der Waals surface area contributed by atoms with Gasteiger partial charge in [-0.15, -0.1) is 0 Å². The molecule has 0 aromatic heterocycles. The molecular formula is C14H19F2NO. The Hall–Kier alpha value is -1.16. The molecule has 0 aliphatic heterocycles. The molecule has 0 spiro atoms. The SMILES string of the molecule is CNC(COc1c(F)cccc1F)C1CCCC1. The fourth-order valence-corrected chi connectivity index (χ4v) is 2.61. The zero-order valence-corrected chi connectivity index (χ0v) is 10.6. The molecule has 0 amide bonds. The van der Waals surface area contributed by atoms with Crippen molar-refractivity contribution in [1.82, 2.24) is 5.32 Å². The van der Waals surface area contributed by atoms with Crippen LogP contribution in [0, 0.1) is 17.6 Å². The monoisotopic (exact) mass is 255 g/mol. The van der Waals surface area contributed by atoms with Crippen LogP contribution in [0.25, 0.3) is 0 Å². The Kier molecular flexibility index (Phi) is 4.53. The lowest BCUT2D eigenvalue weighted by molar-refractivity contribution is 0.210. The summed E-state index contributed by atoms with van der Waals surface area (Å²) < 4.78 is 32.1. The second kappa shape index (κ2) is 6.14. The van der Waals surface area contributed by atoms with E-state index in [1.54, 1.807) is 0 Å². The van der Waals surface area contributed by atoms with Crippen molar-refractivity contribution >= 4 is 0 Å². The van der Waals surface area contributed by atoms with Gasteiger partial charge in [-0.2, -0.15) is 0 Å². The molecular weight excluding hydrogens is 236 g/mol. The minimum atomic E-state index is -0.642. The molecule has 100 valence electrons. The minimum Gasteiger partial charge on any atom is -0.486 e. The van der Waals surface area contributed by atoms with Crippen molar-refractivity contribution in [2.45, 2.75) is 31.7 Å². The second-order valence-electron chi connectivity index (χ2n) is 4.80. The molecule has 0 bridgehead atoms. The summed E-state index contributed by atoms with van der Waals surface area (Å²) in [6.07, 6.45) is 4.79. The lowest BCUT2D eigenvalue weighted by Gasteiger charge is -2.23. The van der Waals surface area contributed by atoms with Crippen LogP contribution in [0.5, 0.6) is 5.75 Å². The molecule has 2 nitrogen and oxygen atoms in total. The first-order valence-corrected chi connectivity index (χ1v) is 6.46. The predicted octanol–water partition coefficient (Wildman–Crippen LogP) is 3.12. The van der Waals surface area contributed by atoms with E-state index in [0.29, 0.717) is 12.5 Å². The first-order valence-electron chi connectivity index (χ1n) is 6.46. The van der Waals surface area contributed by atoms with Crippen molar-refractivity contribution in [2.75, 3.05) is 13.7 Å². The van der Waals surface area contributed by atoms with Crippen LogP contribution in [0.3, 0.4) is 0 Å². The Labute approximate surface area is 106 Å². The number of ether oxygens (including phenoxy) is 1. The number of para-hydroxylation sites is 1. The van der Waals surface area contributed by atoms with E-state index in [2.05, 4.69) is 5.32 Å². The first kappa shape index (κ1) is 13.3. The lowest BCUT2D eigenvalue weighted by Crippen LogP contribution is -2.37. The average molecular weight is 255 g/mol. The lowest BCUT2D eigenvalue weighted by atomic mass is 9.99. The largest absolute Gasteiger partial charge is 0.486 e. The van der Waals surface area contributed by atoms with Gasteiger partial charge in [0.15, 0.2) is 17.4 Å². The van der Waals surface area contributed by atoms with Crippen LogP contribution in [0.1, 0.15) is 25.7 Å². The van der Waals surface area contributed by atoms with Crippen molar-refractivity contribution in [3.8, 4) is 5.75 Å². The Morgan fingerprint density at radius 2 is 1.89 bits per heavy atom. The van der Waals surface area contributed by atoms with Crippen LogP contribution in [0.15, 0.2) is 18.2 Å². The van der Waals surface area contributed by atoms with Crippen LogP contribution in [0.2, 0.25) is 0 Å². The third-order valence-electron chi connectivity index (χ3n) is 3.67. The molecule has 1 unspecified atom stereocenters. The summed E-state index contributed by atoms with van der Waals surface area (Å²) in [5.74, 6) is -1.01. The number of likely N-dealkylation sites (N-methyl/N-ethyl adjacent to an activating group) is 1. The van der Waals surface area contributed by atoms with Gasteiger partial charge in [0, 0.05) is 6.04 Å². The van der Waals surface area contributed by atoms with E-state index < -0.39 is 11.6 Å². The van der Waals surface area contributed by atoms with Gasteiger partial charge in [0.25, 0.3) is 0 Å². The zero-order valence-electron chi connectivity index (χ0n) is 10.6. The van der Waals surface area contributed by atoms with E-state index in [1.807, 2.05) is 7.05 Å². The molecule has 1 aromatic rings. The van der Waals surface area contributed by atoms with Crippen molar-refractivity contribution in [3.05, 3.63) is 29.8 Å². The third-order valence-corrected chi connectivity index (χ3v) is 3.67. The van der Waals surface area contributed by atoms with E-state index in [4.69, 9.17) is 4.74 Å². The number of rotatable bonds is 5. The predicted molar refractivity (Wildman–Crippen MR) is 66.7 cm³/mol. The van der Waals surface area contributed by atoms with E-state index in [1.165, 1.54) is 31.0 Å². The summed E-state index contributed by atoms with van der Waals surface area (Å²) in [5, 5.41) is 3.18. The standard InChI is InChI=1S/C14H19F2NO/c1-17-13(10-5-2-3-6-10)9-18-14-11(15)7-4-8-12(14)16/h4,7-8,10,13,17H,2-3,5-6,9H2,1H3. The molecule has 1 fully saturated rings. The number of halogens is 2. The van der Waals surface area contributed by atoms with Gasteiger partial charge in [0.2, 0.25) is 0 Å². The number of benzene rings is 1. The van der Waals surface area contributed by atoms with E-state index in [9.17, 15) is 8.78 Å². The van der Waals surface area contributed by atoms with Crippen LogP contribution in [-0.4, -0.2) is 19.7 Å². The zero-order chi connectivity index (χ0) is 13.0. The number of hydrogen-bond donors (Lipinski definition) is 1. The molecule has 1 atom stereocenters. The van der Waals surface area contributed by atoms with Gasteiger partial charge in [0.1, 0.15) is 6.61 Å². The van der Waals surface area contributed by atoms with Crippen LogP contribution in [-0.2, 0) is 0 Å². The molecule has 0 radical (unpaired) electrons. The van der Waals surface area contributed by atoms with Gasteiger partial charge < -0.3 is 10.1 Å². The Balaban J connectivity index is 1.97. The molecule has 4 heteroatoms. The summed E-state index contributed by atoms with van der Waals surface area (Å²) in [5.41, 5.74) is 0. The smallest absolute Gasteiger partial charge is 0.190 e. The fourth-order valence-electron chi connectivity index (χ4n) is 2.61. The summed E-state index contributed by atoms with van der Waals surface area (Å²) in [6.45, 7) is 0.305. The maximum Gasteiger partial charge on any atom is 0.190 e. The van der Waals surface area contributed by atoms with Gasteiger partial charge in [-0.1, -0.05) is 18.9 Å². The summed E-state index contributed by atoms with van der Waals surface area (Å²) in [7, 11) is 1.87. The minimum absolute atomic E-state index is 0.159. The molecule has 18 heavy (non-hydrogen) atoms. The molecule has 1 aliphatic rings. The molecule has 1 aliphatic carbocycles. The van der Waals surface area contributed by atoms with Crippen molar-refractivity contribution < 1.29 is 13.5 Å². The topological polar surface area (TPSA) is 21.3 Å². The maximum absolute atomic E-state index is 13.4. The maximum atomic E-state index is 13.4. The third kappa shape index (κ3) is 2.99. The highest BCUT2D eigenvalue weighted by atomic mass is 19.1. The van der Waals surface area contributed by atoms with Crippen LogP contribution >= 0.6 is 0 Å². The van der Waals surface area contributed by atoms with Crippen molar-refractivity contribution in [1.29, 1.82) is 0 Å². The van der Waals surface area contributed by atoms with Gasteiger partial charge in [-0.25, -0.2) is 8.78 Å². The Morgan fingerprint density at radius 1 is 1.28 bits per heavy atom. The van der Waals surface area contributed by atoms with Crippen LogP contribution < -0.4 is 10.1 Å². The highest BCUT2D eigenvalue weighted by molar-refractivity contribution is 5.26. The molecule has 1 saturated carbocycles. The first-order chi connectivity index (χ1) is 8.72. The molecule has 1 N–H and O–H groups in total. The van der Waals surface area contributed by atoms with Crippen molar-refractivity contribution in [2.24, 2.45) is 5.92 Å². The van der Waals surface area contributed by atoms with Gasteiger partial charge >= 0.3 is 0 Å². The summed E-state index contributed by atoms with van der Waals surface area (Å²) in [6, 6.07) is 3.92. The van der Waals surface area contributed by atoms with Crippen molar-refractivity contribution in [3.63, 3.8) is 0 Å². The highest BCUT2D eigenvalue weighted by Crippen LogP contribution is 2.28. The summed E-state index contributed by atoms with van der Waals surface area (Å²) in [4.78, 5) is 0. The normalized spacial score (nSPS) is 17.9. The number of nitrogens with one attached hydrogen (secondary N) is 1. The fraction of sp³-hybridized carbons (Fsp3) is 0.571. The second-order valence-corrected chi connectivity index (χ2v) is 4.80. The average Bonchev–Trinajstić information content (AvgIpc) is 2.87. The van der Waals surface area contributed by atoms with Crippen LogP contribution in [0.4, 0.5) is 8.78 Å². The Morgan fingerprint density at radius 3 is 2.44 bits per heavy atom. The van der Waals surface area contributed by atoms with Gasteiger partial charge in [-0.05, 0) is 37.9 Å². The van der Waals surface area contributed by atoms with E-state index in [0.717, 1.165) is 12.8 Å². The Bertz CT molecular complexity index is 371. The molecule has 0 saturated heterocycles. The van der Waals surface area contributed by atoms with E-state index >= 15 is 0 Å².